The zero-order chi connectivity index (χ0) is 22.0. The first-order valence-electron chi connectivity index (χ1n) is 10.2. The van der Waals surface area contributed by atoms with Crippen molar-refractivity contribution in [3.8, 4) is 0 Å². The Balaban J connectivity index is 2.05. The molecule has 158 valence electrons. The smallest absolute Gasteiger partial charge is 0.402 e. The van der Waals surface area contributed by atoms with Gasteiger partial charge in [-0.1, -0.05) is 30.7 Å². The van der Waals surface area contributed by atoms with Gasteiger partial charge >= 0.3 is 14.2 Å². The Morgan fingerprint density at radius 3 is 1.59 bits per heavy atom. The molecule has 0 N–H and O–H groups in total. The third-order valence-electron chi connectivity index (χ3n) is 7.37. The van der Waals surface area contributed by atoms with Crippen LogP contribution in [-0.2, 0) is 23.9 Å². The average molecular weight is 419 g/mol. The summed E-state index contributed by atoms with van der Waals surface area (Å²) in [4.78, 5) is 0. The zero-order valence-electron chi connectivity index (χ0n) is 19.2. The van der Waals surface area contributed by atoms with E-state index in [0.29, 0.717) is 5.02 Å². The highest BCUT2D eigenvalue weighted by Crippen LogP contribution is 2.49. The summed E-state index contributed by atoms with van der Waals surface area (Å²) in [6.45, 7) is 22.9. The summed E-state index contributed by atoms with van der Waals surface area (Å²) in [5.41, 5.74) is -0.116. The largest absolute Gasteiger partial charge is 0.490 e. The second-order valence-electron chi connectivity index (χ2n) is 10.4. The molecule has 2 fully saturated rings. The Bertz CT molecular complexity index is 772. The van der Waals surface area contributed by atoms with E-state index in [4.69, 9.17) is 30.2 Å². The van der Waals surface area contributed by atoms with E-state index in [-0.39, 0.29) is 0 Å². The second kappa shape index (κ2) is 6.86. The van der Waals surface area contributed by atoms with Gasteiger partial charge in [0.2, 0.25) is 0 Å². The fourth-order valence-corrected chi connectivity index (χ4v) is 3.70. The third kappa shape index (κ3) is 3.61. The summed E-state index contributed by atoms with van der Waals surface area (Å²) >= 11 is 6.16. The molecule has 0 aromatic heterocycles. The maximum absolute atomic E-state index is 6.47. The molecule has 4 nitrogen and oxygen atoms in total. The molecule has 0 spiro atoms. The van der Waals surface area contributed by atoms with Crippen molar-refractivity contribution in [2.45, 2.75) is 90.0 Å². The van der Waals surface area contributed by atoms with Crippen LogP contribution in [-0.4, -0.2) is 36.6 Å². The molecule has 2 heterocycles. The predicted molar refractivity (Wildman–Crippen MR) is 120 cm³/mol. The maximum atomic E-state index is 6.47. The van der Waals surface area contributed by atoms with Gasteiger partial charge in [0.05, 0.1) is 22.4 Å². The lowest BCUT2D eigenvalue weighted by atomic mass is 9.45. The predicted octanol–water partition coefficient (Wildman–Crippen LogP) is 5.42. The van der Waals surface area contributed by atoms with Crippen molar-refractivity contribution in [2.24, 2.45) is 0 Å². The molecule has 2 saturated heterocycles. The van der Waals surface area contributed by atoms with Gasteiger partial charge in [-0.3, -0.25) is 0 Å². The Morgan fingerprint density at radius 2 is 1.17 bits per heavy atom. The van der Waals surface area contributed by atoms with E-state index < -0.39 is 42.0 Å². The third-order valence-corrected chi connectivity index (χ3v) is 7.63. The Morgan fingerprint density at radius 1 is 0.793 bits per heavy atom. The molecule has 1 aromatic carbocycles. The van der Waals surface area contributed by atoms with Crippen molar-refractivity contribution < 1.29 is 18.6 Å². The van der Waals surface area contributed by atoms with Crippen LogP contribution < -0.4 is 0 Å². The van der Waals surface area contributed by atoms with Crippen LogP contribution in [0.5, 0.6) is 0 Å². The Hall–Kier alpha value is -0.780. The van der Waals surface area contributed by atoms with Crippen molar-refractivity contribution in [2.75, 3.05) is 0 Å². The molecule has 2 aliphatic rings. The van der Waals surface area contributed by atoms with Gasteiger partial charge in [0.1, 0.15) is 0 Å². The molecule has 7 heteroatoms. The van der Waals surface area contributed by atoms with Gasteiger partial charge in [0.25, 0.3) is 0 Å². The van der Waals surface area contributed by atoms with Crippen LogP contribution in [0.25, 0.3) is 0 Å². The number of hydrogen-bond donors (Lipinski definition) is 0. The van der Waals surface area contributed by atoms with E-state index in [0.717, 1.165) is 11.0 Å². The fourth-order valence-electron chi connectivity index (χ4n) is 3.58. The Kier molecular flexibility index (Phi) is 5.42. The van der Waals surface area contributed by atoms with Crippen molar-refractivity contribution in [1.82, 2.24) is 0 Å². The highest BCUT2D eigenvalue weighted by atomic mass is 35.5. The van der Waals surface area contributed by atoms with Gasteiger partial charge in [-0.15, -0.1) is 6.58 Å². The number of benzene rings is 1. The molecule has 0 aliphatic carbocycles. The highest BCUT2D eigenvalue weighted by Gasteiger charge is 2.63. The van der Waals surface area contributed by atoms with Gasteiger partial charge in [0.15, 0.2) is 0 Å². The summed E-state index contributed by atoms with van der Waals surface area (Å²) in [7, 11) is -1.14. The topological polar surface area (TPSA) is 36.9 Å². The first kappa shape index (κ1) is 22.9. The summed E-state index contributed by atoms with van der Waals surface area (Å²) in [6, 6.07) is 7.73. The van der Waals surface area contributed by atoms with Crippen molar-refractivity contribution >= 4 is 25.8 Å². The SMILES string of the molecule is C=C(B1OC(C)(C)C(C)(C)O1)[C@](C)(B1OC(C)(C)C(C)(C)O1)c1ccc(Cl)cc1. The minimum atomic E-state index is -0.712. The fraction of sp³-hybridized carbons (Fsp3) is 0.636. The molecule has 0 unspecified atom stereocenters. The van der Waals surface area contributed by atoms with Crippen LogP contribution in [0.2, 0.25) is 5.02 Å². The van der Waals surface area contributed by atoms with Gasteiger partial charge < -0.3 is 18.6 Å². The van der Waals surface area contributed by atoms with Gasteiger partial charge in [-0.25, -0.2) is 0 Å². The minimum Gasteiger partial charge on any atom is -0.402 e. The van der Waals surface area contributed by atoms with Crippen LogP contribution in [0, 0.1) is 0 Å². The lowest BCUT2D eigenvalue weighted by molar-refractivity contribution is 0.00578. The quantitative estimate of drug-likeness (QED) is 0.612. The van der Waals surface area contributed by atoms with Crippen LogP contribution >= 0.6 is 11.6 Å². The number of halogens is 1. The monoisotopic (exact) mass is 418 g/mol. The first-order valence-corrected chi connectivity index (χ1v) is 10.6. The lowest BCUT2D eigenvalue weighted by Crippen LogP contribution is -2.49. The highest BCUT2D eigenvalue weighted by molar-refractivity contribution is 6.62. The van der Waals surface area contributed by atoms with Crippen molar-refractivity contribution in [3.05, 3.63) is 46.9 Å². The molecular formula is C22H33B2ClO4. The molecule has 1 aromatic rings. The lowest BCUT2D eigenvalue weighted by Gasteiger charge is -2.35. The van der Waals surface area contributed by atoms with Gasteiger partial charge in [-0.2, -0.15) is 0 Å². The number of hydrogen-bond acceptors (Lipinski definition) is 4. The van der Waals surface area contributed by atoms with E-state index in [1.165, 1.54) is 0 Å². The van der Waals surface area contributed by atoms with Gasteiger partial charge in [-0.05, 0) is 78.6 Å². The molecule has 0 amide bonds. The first-order chi connectivity index (χ1) is 13.0. The van der Waals surface area contributed by atoms with Crippen molar-refractivity contribution in [3.63, 3.8) is 0 Å². The average Bonchev–Trinajstić information content (AvgIpc) is 2.94. The van der Waals surface area contributed by atoms with E-state index in [2.05, 4.69) is 13.5 Å². The summed E-state index contributed by atoms with van der Waals surface area (Å²) in [5.74, 6) is 0. The summed E-state index contributed by atoms with van der Waals surface area (Å²) in [6.07, 6.45) is 0. The van der Waals surface area contributed by atoms with E-state index in [1.807, 2.05) is 79.7 Å². The van der Waals surface area contributed by atoms with E-state index in [9.17, 15) is 0 Å². The normalized spacial score (nSPS) is 26.4. The van der Waals surface area contributed by atoms with Crippen LogP contribution in [0.3, 0.4) is 0 Å². The number of rotatable bonds is 4. The summed E-state index contributed by atoms with van der Waals surface area (Å²) < 4.78 is 25.6. The molecule has 0 bridgehead atoms. The van der Waals surface area contributed by atoms with E-state index in [1.54, 1.807) is 0 Å². The van der Waals surface area contributed by atoms with E-state index >= 15 is 0 Å². The van der Waals surface area contributed by atoms with Crippen LogP contribution in [0.15, 0.2) is 36.3 Å². The molecule has 29 heavy (non-hydrogen) atoms. The minimum absolute atomic E-state index is 0.461. The summed E-state index contributed by atoms with van der Waals surface area (Å²) in [5, 5.41) is -0.0390. The molecule has 2 aliphatic heterocycles. The van der Waals surface area contributed by atoms with Crippen LogP contribution in [0.4, 0.5) is 0 Å². The molecule has 0 radical (unpaired) electrons. The van der Waals surface area contributed by atoms with Crippen LogP contribution in [0.1, 0.15) is 67.9 Å². The molecular weight excluding hydrogens is 385 g/mol. The number of allylic oxidation sites excluding steroid dienone is 1. The Labute approximate surface area is 181 Å². The standard InChI is InChI=1S/C22H33B2ClO4/c1-15(23-26-18(2,3)19(4,5)27-23)22(10,16-11-13-17(25)14-12-16)24-28-20(6,7)21(8,9)29-24/h11-14H,1H2,2-10H3/t22-/m0/s1. The molecule has 0 saturated carbocycles. The molecule has 1 atom stereocenters. The molecule has 3 rings (SSSR count). The second-order valence-corrected chi connectivity index (χ2v) is 10.8. The maximum Gasteiger partial charge on any atom is 0.490 e. The van der Waals surface area contributed by atoms with Gasteiger partial charge in [0, 0.05) is 10.3 Å². The van der Waals surface area contributed by atoms with Crippen molar-refractivity contribution in [1.29, 1.82) is 0 Å². The zero-order valence-corrected chi connectivity index (χ0v) is 19.9.